The van der Waals surface area contributed by atoms with Crippen LogP contribution >= 0.6 is 11.3 Å². The maximum Gasteiger partial charge on any atom is 0.317 e. The summed E-state index contributed by atoms with van der Waals surface area (Å²) < 4.78 is 2.02. The van der Waals surface area contributed by atoms with Crippen molar-refractivity contribution in [2.75, 3.05) is 13.1 Å². The number of hydrogen-bond acceptors (Lipinski definition) is 3. The number of hydrogen-bond donors (Lipinski definition) is 1. The van der Waals surface area contributed by atoms with Crippen LogP contribution in [0.25, 0.3) is 0 Å². The largest absolute Gasteiger partial charge is 0.338 e. The third-order valence-electron chi connectivity index (χ3n) is 3.81. The van der Waals surface area contributed by atoms with Gasteiger partial charge in [-0.1, -0.05) is 6.07 Å². The van der Waals surface area contributed by atoms with Gasteiger partial charge in [-0.05, 0) is 30.7 Å². The van der Waals surface area contributed by atoms with E-state index in [-0.39, 0.29) is 12.1 Å². The van der Waals surface area contributed by atoms with E-state index in [4.69, 9.17) is 0 Å². The molecule has 1 aliphatic heterocycles. The quantitative estimate of drug-likeness (QED) is 0.864. The van der Waals surface area contributed by atoms with Crippen LogP contribution < -0.4 is 5.32 Å². The molecular formula is C15H20N4OS. The van der Waals surface area contributed by atoms with Crippen LogP contribution in [0, 0.1) is 0 Å². The summed E-state index contributed by atoms with van der Waals surface area (Å²) in [7, 11) is 0. The standard InChI is InChI=1S/C15H20N4OS/c20-15(17-6-3-8-18-10-7-16-12-18)19-9-1-4-13(19)14-5-2-11-21-14/h2,5,7,10-13H,1,3-4,6,8-9H2,(H,17,20)/t13-/m0/s1. The Morgan fingerprint density at radius 1 is 1.52 bits per heavy atom. The minimum Gasteiger partial charge on any atom is -0.338 e. The Hall–Kier alpha value is -1.82. The predicted molar refractivity (Wildman–Crippen MR) is 83.2 cm³/mol. The molecule has 2 aromatic rings. The number of nitrogens with one attached hydrogen (secondary N) is 1. The number of likely N-dealkylation sites (tertiary alicyclic amines) is 1. The molecule has 1 N–H and O–H groups in total. The molecule has 0 aliphatic carbocycles. The van der Waals surface area contributed by atoms with E-state index in [9.17, 15) is 4.79 Å². The molecule has 6 heteroatoms. The molecule has 0 unspecified atom stereocenters. The lowest BCUT2D eigenvalue weighted by Gasteiger charge is -2.24. The average Bonchev–Trinajstić information content (AvgIpc) is 3.24. The number of rotatable bonds is 5. The fourth-order valence-corrected chi connectivity index (χ4v) is 3.64. The van der Waals surface area contributed by atoms with Crippen molar-refractivity contribution in [1.29, 1.82) is 0 Å². The van der Waals surface area contributed by atoms with Gasteiger partial charge >= 0.3 is 6.03 Å². The highest BCUT2D eigenvalue weighted by molar-refractivity contribution is 7.10. The van der Waals surface area contributed by atoms with Gasteiger partial charge in [-0.25, -0.2) is 9.78 Å². The van der Waals surface area contributed by atoms with Crippen LogP contribution in [-0.4, -0.2) is 33.6 Å². The zero-order valence-electron chi connectivity index (χ0n) is 11.9. The summed E-state index contributed by atoms with van der Waals surface area (Å²) >= 11 is 1.74. The minimum absolute atomic E-state index is 0.0662. The van der Waals surface area contributed by atoms with E-state index in [0.29, 0.717) is 6.54 Å². The molecular weight excluding hydrogens is 284 g/mol. The first-order valence-electron chi connectivity index (χ1n) is 7.38. The Morgan fingerprint density at radius 3 is 3.24 bits per heavy atom. The molecule has 2 amide bonds. The molecule has 1 atom stereocenters. The van der Waals surface area contributed by atoms with Crippen molar-refractivity contribution < 1.29 is 4.79 Å². The Balaban J connectivity index is 1.46. The zero-order chi connectivity index (χ0) is 14.5. The van der Waals surface area contributed by atoms with Gasteiger partial charge < -0.3 is 14.8 Å². The van der Waals surface area contributed by atoms with E-state index in [1.54, 1.807) is 23.9 Å². The number of thiophene rings is 1. The molecule has 0 radical (unpaired) electrons. The van der Waals surface area contributed by atoms with E-state index in [1.807, 2.05) is 15.7 Å². The third-order valence-corrected chi connectivity index (χ3v) is 4.79. The molecule has 2 aromatic heterocycles. The van der Waals surface area contributed by atoms with Crippen molar-refractivity contribution in [2.24, 2.45) is 0 Å². The average molecular weight is 304 g/mol. The second-order valence-corrected chi connectivity index (χ2v) is 6.23. The maximum atomic E-state index is 12.3. The molecule has 0 spiro atoms. The highest BCUT2D eigenvalue weighted by Gasteiger charge is 2.30. The molecule has 1 saturated heterocycles. The molecule has 0 aromatic carbocycles. The van der Waals surface area contributed by atoms with Gasteiger partial charge in [0.05, 0.1) is 12.4 Å². The number of aromatic nitrogens is 2. The summed E-state index contributed by atoms with van der Waals surface area (Å²) in [5.74, 6) is 0. The monoisotopic (exact) mass is 304 g/mol. The van der Waals surface area contributed by atoms with Gasteiger partial charge in [-0.3, -0.25) is 0 Å². The number of aryl methyl sites for hydroxylation is 1. The van der Waals surface area contributed by atoms with Crippen LogP contribution in [0.1, 0.15) is 30.2 Å². The molecule has 1 fully saturated rings. The van der Waals surface area contributed by atoms with Crippen LogP contribution in [-0.2, 0) is 6.54 Å². The lowest BCUT2D eigenvalue weighted by Crippen LogP contribution is -2.39. The topological polar surface area (TPSA) is 50.2 Å². The Labute approximate surface area is 128 Å². The van der Waals surface area contributed by atoms with Gasteiger partial charge in [0.25, 0.3) is 0 Å². The summed E-state index contributed by atoms with van der Waals surface area (Å²) in [4.78, 5) is 19.6. The van der Waals surface area contributed by atoms with E-state index in [1.165, 1.54) is 4.88 Å². The van der Waals surface area contributed by atoms with Gasteiger partial charge in [-0.2, -0.15) is 0 Å². The Kier molecular flexibility index (Phi) is 4.55. The highest BCUT2D eigenvalue weighted by Crippen LogP contribution is 2.34. The fourth-order valence-electron chi connectivity index (χ4n) is 2.76. The van der Waals surface area contributed by atoms with Crippen LogP contribution in [0.2, 0.25) is 0 Å². The van der Waals surface area contributed by atoms with Crippen LogP contribution in [0.4, 0.5) is 4.79 Å². The first-order valence-corrected chi connectivity index (χ1v) is 8.26. The third kappa shape index (κ3) is 3.44. The number of carbonyl (C=O) groups is 1. The first-order chi connectivity index (χ1) is 10.3. The molecule has 1 aliphatic rings. The summed E-state index contributed by atoms with van der Waals surface area (Å²) in [6.07, 6.45) is 8.59. The molecule has 3 heterocycles. The van der Waals surface area contributed by atoms with Crippen LogP contribution in [0.15, 0.2) is 36.2 Å². The fraction of sp³-hybridized carbons (Fsp3) is 0.467. The van der Waals surface area contributed by atoms with Crippen molar-refractivity contribution in [3.05, 3.63) is 41.1 Å². The van der Waals surface area contributed by atoms with Crippen molar-refractivity contribution in [3.63, 3.8) is 0 Å². The van der Waals surface area contributed by atoms with E-state index < -0.39 is 0 Å². The minimum atomic E-state index is 0.0662. The summed E-state index contributed by atoms with van der Waals surface area (Å²) in [6.45, 7) is 2.44. The summed E-state index contributed by atoms with van der Waals surface area (Å²) in [5, 5.41) is 5.12. The lowest BCUT2D eigenvalue weighted by molar-refractivity contribution is 0.193. The molecule has 3 rings (SSSR count). The molecule has 0 bridgehead atoms. The predicted octanol–water partition coefficient (Wildman–Crippen LogP) is 2.88. The van der Waals surface area contributed by atoms with Crippen molar-refractivity contribution in [3.8, 4) is 0 Å². The summed E-state index contributed by atoms with van der Waals surface area (Å²) in [6, 6.07) is 4.51. The SMILES string of the molecule is O=C(NCCCn1ccnc1)N1CCC[C@H]1c1cccs1. The molecule has 5 nitrogen and oxygen atoms in total. The normalized spacial score (nSPS) is 18.1. The number of imidazole rings is 1. The van der Waals surface area contributed by atoms with E-state index in [0.717, 1.165) is 32.4 Å². The number of carbonyl (C=O) groups excluding carboxylic acids is 1. The van der Waals surface area contributed by atoms with Gasteiger partial charge in [0, 0.05) is 36.9 Å². The number of amides is 2. The Morgan fingerprint density at radius 2 is 2.48 bits per heavy atom. The highest BCUT2D eigenvalue weighted by atomic mass is 32.1. The number of nitrogens with zero attached hydrogens (tertiary/aromatic N) is 3. The van der Waals surface area contributed by atoms with Gasteiger partial charge in [-0.15, -0.1) is 11.3 Å². The van der Waals surface area contributed by atoms with Crippen LogP contribution in [0.3, 0.4) is 0 Å². The molecule has 0 saturated carbocycles. The van der Waals surface area contributed by atoms with Crippen LogP contribution in [0.5, 0.6) is 0 Å². The van der Waals surface area contributed by atoms with Crippen molar-refractivity contribution in [1.82, 2.24) is 19.8 Å². The lowest BCUT2D eigenvalue weighted by atomic mass is 10.2. The second kappa shape index (κ2) is 6.76. The maximum absolute atomic E-state index is 12.3. The molecule has 112 valence electrons. The Bertz CT molecular complexity index is 552. The zero-order valence-corrected chi connectivity index (χ0v) is 12.8. The van der Waals surface area contributed by atoms with E-state index in [2.05, 4.69) is 27.8 Å². The smallest absolute Gasteiger partial charge is 0.317 e. The summed E-state index contributed by atoms with van der Waals surface area (Å²) in [5.41, 5.74) is 0. The van der Waals surface area contributed by atoms with E-state index >= 15 is 0 Å². The van der Waals surface area contributed by atoms with Gasteiger partial charge in [0.1, 0.15) is 0 Å². The number of urea groups is 1. The van der Waals surface area contributed by atoms with Gasteiger partial charge in [0.2, 0.25) is 0 Å². The molecule has 21 heavy (non-hydrogen) atoms. The van der Waals surface area contributed by atoms with Crippen molar-refractivity contribution >= 4 is 17.4 Å². The van der Waals surface area contributed by atoms with Gasteiger partial charge in [0.15, 0.2) is 0 Å². The van der Waals surface area contributed by atoms with Crippen molar-refractivity contribution in [2.45, 2.75) is 31.8 Å². The first kappa shape index (κ1) is 14.1. The second-order valence-electron chi connectivity index (χ2n) is 5.25.